The Balaban J connectivity index is 1.63. The van der Waals surface area contributed by atoms with Crippen molar-refractivity contribution in [1.29, 1.82) is 0 Å². The molecule has 1 atom stereocenters. The van der Waals surface area contributed by atoms with Crippen molar-refractivity contribution < 1.29 is 18.8 Å². The molecular weight excluding hydrogens is 403 g/mol. The maximum Gasteiger partial charge on any atom is 0.362 e. The molecule has 2 aromatic rings. The lowest BCUT2D eigenvalue weighted by Crippen LogP contribution is -2.45. The van der Waals surface area contributed by atoms with Gasteiger partial charge in [-0.1, -0.05) is 0 Å². The zero-order chi connectivity index (χ0) is 21.7. The number of likely N-dealkylation sites (N-methyl/N-ethyl adjacent to an activating group) is 1. The Morgan fingerprint density at radius 1 is 1.16 bits per heavy atom. The maximum atomic E-state index is 15.3. The number of piperazine rings is 1. The molecule has 8 nitrogen and oxygen atoms in total. The van der Waals surface area contributed by atoms with Crippen molar-refractivity contribution >= 4 is 22.6 Å². The Morgan fingerprint density at radius 3 is 2.58 bits per heavy atom. The number of hydroxylamine groups is 2. The van der Waals surface area contributed by atoms with Crippen LogP contribution in [0.25, 0.3) is 10.9 Å². The lowest BCUT2D eigenvalue weighted by atomic mass is 10.1. The summed E-state index contributed by atoms with van der Waals surface area (Å²) in [7, 11) is 2.04. The smallest absolute Gasteiger partial charge is 0.362 e. The molecule has 3 aliphatic heterocycles. The Kier molecular flexibility index (Phi) is 5.10. The van der Waals surface area contributed by atoms with Crippen molar-refractivity contribution in [3.8, 4) is 5.75 Å². The van der Waals surface area contributed by atoms with E-state index in [4.69, 9.17) is 9.57 Å². The Bertz CT molecular complexity index is 1090. The van der Waals surface area contributed by atoms with E-state index >= 15 is 4.39 Å². The van der Waals surface area contributed by atoms with Crippen LogP contribution in [-0.2, 0) is 4.84 Å². The average molecular weight is 430 g/mol. The first-order valence-electron chi connectivity index (χ1n) is 10.9. The van der Waals surface area contributed by atoms with Gasteiger partial charge in [0.15, 0.2) is 11.6 Å². The fourth-order valence-electron chi connectivity index (χ4n) is 4.63. The molecule has 5 rings (SSSR count). The van der Waals surface area contributed by atoms with E-state index in [1.54, 1.807) is 11.3 Å². The first-order chi connectivity index (χ1) is 14.9. The molecule has 0 N–H and O–H groups in total. The third-order valence-electron chi connectivity index (χ3n) is 6.46. The van der Waals surface area contributed by atoms with Crippen LogP contribution in [0.15, 0.2) is 17.1 Å². The van der Waals surface area contributed by atoms with Crippen LogP contribution < -0.4 is 15.1 Å². The SMILES string of the molecule is CC1COc2c(N3CCN(C)CC3)c(F)cc3c(=O)c(C(=O)ON4CCCC4)cn1c23. The minimum Gasteiger partial charge on any atom is -0.487 e. The van der Waals surface area contributed by atoms with Gasteiger partial charge in [0.25, 0.3) is 0 Å². The van der Waals surface area contributed by atoms with Crippen LogP contribution in [0.3, 0.4) is 0 Å². The number of carbonyl (C=O) groups is 1. The van der Waals surface area contributed by atoms with Crippen LogP contribution in [0.5, 0.6) is 5.75 Å². The zero-order valence-corrected chi connectivity index (χ0v) is 17.9. The number of carbonyl (C=O) groups excluding carboxylic acids is 1. The molecule has 1 unspecified atom stereocenters. The van der Waals surface area contributed by atoms with Crippen LogP contribution in [0, 0.1) is 5.82 Å². The standard InChI is InChI=1S/C22H27FN4O4/c1-14-13-30-21-18-15(11-17(23)19(21)25-9-7-24(2)8-10-25)20(28)16(12-27(14)18)22(29)31-26-5-3-4-6-26/h11-12,14H,3-10,13H2,1-2H3. The highest BCUT2D eigenvalue weighted by Gasteiger charge is 2.31. The van der Waals surface area contributed by atoms with Crippen molar-refractivity contribution in [2.24, 2.45) is 0 Å². The highest BCUT2D eigenvalue weighted by Crippen LogP contribution is 2.42. The summed E-state index contributed by atoms with van der Waals surface area (Å²) in [5.74, 6) is -0.814. The zero-order valence-electron chi connectivity index (χ0n) is 17.9. The number of anilines is 1. The Labute approximate surface area is 179 Å². The van der Waals surface area contributed by atoms with Gasteiger partial charge in [0.1, 0.15) is 17.9 Å². The summed E-state index contributed by atoms with van der Waals surface area (Å²) in [5, 5.41) is 1.73. The van der Waals surface area contributed by atoms with E-state index in [1.165, 1.54) is 6.07 Å². The minimum absolute atomic E-state index is 0.0779. The van der Waals surface area contributed by atoms with Crippen molar-refractivity contribution in [2.75, 3.05) is 57.8 Å². The largest absolute Gasteiger partial charge is 0.487 e. The predicted molar refractivity (Wildman–Crippen MR) is 114 cm³/mol. The summed E-state index contributed by atoms with van der Waals surface area (Å²) in [4.78, 5) is 35.5. The van der Waals surface area contributed by atoms with E-state index in [0.29, 0.717) is 49.7 Å². The number of nitrogens with zero attached hydrogens (tertiary/aromatic N) is 4. The molecule has 9 heteroatoms. The molecule has 2 fully saturated rings. The summed E-state index contributed by atoms with van der Waals surface area (Å²) in [5.41, 5.74) is 0.328. The highest BCUT2D eigenvalue weighted by molar-refractivity contribution is 5.97. The normalized spacial score (nSPS) is 22.0. The molecule has 166 valence electrons. The Hall–Kier alpha value is -2.65. The van der Waals surface area contributed by atoms with Crippen LogP contribution in [0.1, 0.15) is 36.2 Å². The van der Waals surface area contributed by atoms with E-state index in [0.717, 1.165) is 25.9 Å². The molecular formula is C22H27FN4O4. The number of benzene rings is 1. The molecule has 3 aliphatic rings. The fraction of sp³-hybridized carbons (Fsp3) is 0.545. The molecule has 0 amide bonds. The van der Waals surface area contributed by atoms with E-state index in [-0.39, 0.29) is 17.0 Å². The number of halogens is 1. The quantitative estimate of drug-likeness (QED) is 0.738. The third kappa shape index (κ3) is 3.45. The summed E-state index contributed by atoms with van der Waals surface area (Å²) in [6.07, 6.45) is 3.45. The van der Waals surface area contributed by atoms with E-state index in [2.05, 4.69) is 4.90 Å². The number of pyridine rings is 1. The predicted octanol–water partition coefficient (Wildman–Crippen LogP) is 2.01. The van der Waals surface area contributed by atoms with Gasteiger partial charge in [-0.15, -0.1) is 5.06 Å². The first-order valence-corrected chi connectivity index (χ1v) is 10.9. The van der Waals surface area contributed by atoms with Gasteiger partial charge >= 0.3 is 5.97 Å². The Morgan fingerprint density at radius 2 is 1.87 bits per heavy atom. The number of ether oxygens (including phenoxy) is 1. The highest BCUT2D eigenvalue weighted by atomic mass is 19.1. The molecule has 4 heterocycles. The second kappa shape index (κ2) is 7.80. The van der Waals surface area contributed by atoms with Crippen molar-refractivity contribution in [3.63, 3.8) is 0 Å². The molecule has 0 bridgehead atoms. The molecule has 31 heavy (non-hydrogen) atoms. The summed E-state index contributed by atoms with van der Waals surface area (Å²) < 4.78 is 23.2. The molecule has 0 aliphatic carbocycles. The summed E-state index contributed by atoms with van der Waals surface area (Å²) in [6, 6.07) is 1.14. The number of aromatic nitrogens is 1. The van der Waals surface area contributed by atoms with Gasteiger partial charge < -0.3 is 23.9 Å². The second-order valence-corrected chi connectivity index (χ2v) is 8.68. The maximum absolute atomic E-state index is 15.3. The monoisotopic (exact) mass is 430 g/mol. The molecule has 0 spiro atoms. The van der Waals surface area contributed by atoms with E-state index < -0.39 is 17.2 Å². The molecule has 2 saturated heterocycles. The minimum atomic E-state index is -0.693. The second-order valence-electron chi connectivity index (χ2n) is 8.68. The van der Waals surface area contributed by atoms with Gasteiger partial charge in [0.05, 0.1) is 16.9 Å². The van der Waals surface area contributed by atoms with Gasteiger partial charge in [0.2, 0.25) is 5.43 Å². The van der Waals surface area contributed by atoms with Crippen molar-refractivity contribution in [3.05, 3.63) is 33.9 Å². The average Bonchev–Trinajstić information content (AvgIpc) is 3.26. The number of rotatable bonds is 3. The van der Waals surface area contributed by atoms with Crippen LogP contribution in [0.4, 0.5) is 10.1 Å². The third-order valence-corrected chi connectivity index (χ3v) is 6.46. The molecule has 0 saturated carbocycles. The fourth-order valence-corrected chi connectivity index (χ4v) is 4.63. The van der Waals surface area contributed by atoms with Gasteiger partial charge in [-0.2, -0.15) is 0 Å². The van der Waals surface area contributed by atoms with Gasteiger partial charge in [-0.3, -0.25) is 4.79 Å². The molecule has 0 radical (unpaired) electrons. The van der Waals surface area contributed by atoms with Crippen molar-refractivity contribution in [1.82, 2.24) is 14.5 Å². The van der Waals surface area contributed by atoms with Gasteiger partial charge in [0, 0.05) is 45.5 Å². The van der Waals surface area contributed by atoms with E-state index in [1.807, 2.05) is 23.4 Å². The van der Waals surface area contributed by atoms with Crippen molar-refractivity contribution in [2.45, 2.75) is 25.8 Å². The topological polar surface area (TPSA) is 67.2 Å². The van der Waals surface area contributed by atoms with Crippen LogP contribution >= 0.6 is 0 Å². The molecule has 1 aromatic heterocycles. The van der Waals surface area contributed by atoms with E-state index in [9.17, 15) is 9.59 Å². The van der Waals surface area contributed by atoms with Crippen LogP contribution in [0.2, 0.25) is 0 Å². The summed E-state index contributed by atoms with van der Waals surface area (Å²) >= 11 is 0. The number of hydrogen-bond donors (Lipinski definition) is 0. The first kappa shape index (κ1) is 20.3. The lowest BCUT2D eigenvalue weighted by Gasteiger charge is -2.37. The van der Waals surface area contributed by atoms with Gasteiger partial charge in [-0.05, 0) is 32.9 Å². The molecule has 1 aromatic carbocycles. The van der Waals surface area contributed by atoms with Crippen LogP contribution in [-0.4, -0.2) is 73.4 Å². The summed E-state index contributed by atoms with van der Waals surface area (Å²) in [6.45, 7) is 6.58. The number of hydrogen-bond acceptors (Lipinski definition) is 7. The van der Waals surface area contributed by atoms with Gasteiger partial charge in [-0.25, -0.2) is 9.18 Å². The lowest BCUT2D eigenvalue weighted by molar-refractivity contribution is -0.0929.